The van der Waals surface area contributed by atoms with Crippen molar-refractivity contribution in [1.29, 1.82) is 0 Å². The van der Waals surface area contributed by atoms with Gasteiger partial charge in [0.2, 0.25) is 5.95 Å². The van der Waals surface area contributed by atoms with Crippen LogP contribution in [0.25, 0.3) is 0 Å². The van der Waals surface area contributed by atoms with Crippen molar-refractivity contribution >= 4 is 5.95 Å². The maximum atomic E-state index is 5.66. The molecule has 0 aliphatic carbocycles. The molecule has 2 rings (SSSR count). The maximum Gasteiger partial charge on any atom is 0.245 e. The summed E-state index contributed by atoms with van der Waals surface area (Å²) in [5, 5.41) is 8.02. The zero-order valence-corrected chi connectivity index (χ0v) is 7.86. The lowest BCUT2D eigenvalue weighted by Crippen LogP contribution is -2.56. The summed E-state index contributed by atoms with van der Waals surface area (Å²) in [7, 11) is 0. The third-order valence-electron chi connectivity index (χ3n) is 2.27. The van der Waals surface area contributed by atoms with E-state index in [2.05, 4.69) is 15.2 Å². The monoisotopic (exact) mass is 179 g/mol. The SMILES string of the molecule is Cc1nnc(N2CC(N)C2)nc1C. The van der Waals surface area contributed by atoms with Gasteiger partial charge in [-0.05, 0) is 13.8 Å². The molecule has 5 nitrogen and oxygen atoms in total. The van der Waals surface area contributed by atoms with E-state index >= 15 is 0 Å². The highest BCUT2D eigenvalue weighted by atomic mass is 15.4. The third kappa shape index (κ3) is 1.47. The highest BCUT2D eigenvalue weighted by Crippen LogP contribution is 2.14. The highest BCUT2D eigenvalue weighted by Gasteiger charge is 2.25. The zero-order valence-electron chi connectivity index (χ0n) is 7.86. The van der Waals surface area contributed by atoms with Gasteiger partial charge in [-0.15, -0.1) is 5.10 Å². The van der Waals surface area contributed by atoms with E-state index in [1.165, 1.54) is 0 Å². The number of aryl methyl sites for hydroxylation is 2. The van der Waals surface area contributed by atoms with E-state index in [1.807, 2.05) is 18.7 Å². The first-order valence-corrected chi connectivity index (χ1v) is 4.35. The predicted molar refractivity (Wildman–Crippen MR) is 49.5 cm³/mol. The highest BCUT2D eigenvalue weighted by molar-refractivity contribution is 5.34. The van der Waals surface area contributed by atoms with Crippen LogP contribution in [0.3, 0.4) is 0 Å². The van der Waals surface area contributed by atoms with Gasteiger partial charge >= 0.3 is 0 Å². The van der Waals surface area contributed by atoms with E-state index in [9.17, 15) is 0 Å². The van der Waals surface area contributed by atoms with Crippen molar-refractivity contribution in [3.63, 3.8) is 0 Å². The van der Waals surface area contributed by atoms with Crippen LogP contribution in [0.5, 0.6) is 0 Å². The first kappa shape index (κ1) is 8.37. The lowest BCUT2D eigenvalue weighted by atomic mass is 10.1. The van der Waals surface area contributed by atoms with Gasteiger partial charge in [0.15, 0.2) is 0 Å². The molecular formula is C8H13N5. The molecule has 0 spiro atoms. The molecule has 5 heteroatoms. The second-order valence-electron chi connectivity index (χ2n) is 3.45. The molecule has 1 aromatic heterocycles. The van der Waals surface area contributed by atoms with Crippen LogP contribution >= 0.6 is 0 Å². The summed E-state index contributed by atoms with van der Waals surface area (Å²) in [5.41, 5.74) is 7.48. The Morgan fingerprint density at radius 1 is 1.23 bits per heavy atom. The number of hydrogen-bond acceptors (Lipinski definition) is 5. The molecule has 0 saturated carbocycles. The van der Waals surface area contributed by atoms with Crippen LogP contribution in [-0.2, 0) is 0 Å². The Hall–Kier alpha value is -1.23. The minimum Gasteiger partial charge on any atom is -0.336 e. The van der Waals surface area contributed by atoms with Gasteiger partial charge in [0, 0.05) is 19.1 Å². The first-order chi connectivity index (χ1) is 6.16. The quantitative estimate of drug-likeness (QED) is 0.637. The Morgan fingerprint density at radius 3 is 2.46 bits per heavy atom. The Labute approximate surface area is 77.0 Å². The molecule has 2 N–H and O–H groups in total. The summed E-state index contributed by atoms with van der Waals surface area (Å²) >= 11 is 0. The number of rotatable bonds is 1. The van der Waals surface area contributed by atoms with E-state index in [4.69, 9.17) is 5.73 Å². The Bertz CT molecular complexity index is 318. The summed E-state index contributed by atoms with van der Waals surface area (Å²) < 4.78 is 0. The van der Waals surface area contributed by atoms with Crippen LogP contribution in [-0.4, -0.2) is 34.3 Å². The molecule has 2 heterocycles. The van der Waals surface area contributed by atoms with E-state index in [0.717, 1.165) is 24.5 Å². The van der Waals surface area contributed by atoms with Crippen molar-refractivity contribution in [3.8, 4) is 0 Å². The van der Waals surface area contributed by atoms with Gasteiger partial charge in [-0.2, -0.15) is 5.10 Å². The topological polar surface area (TPSA) is 67.9 Å². The average molecular weight is 179 g/mol. The second kappa shape index (κ2) is 2.92. The summed E-state index contributed by atoms with van der Waals surface area (Å²) in [5.74, 6) is 0.699. The van der Waals surface area contributed by atoms with E-state index < -0.39 is 0 Å². The summed E-state index contributed by atoms with van der Waals surface area (Å²) in [6.07, 6.45) is 0. The fourth-order valence-corrected chi connectivity index (χ4v) is 1.26. The number of nitrogens with zero attached hydrogens (tertiary/aromatic N) is 4. The van der Waals surface area contributed by atoms with Gasteiger partial charge < -0.3 is 10.6 Å². The fourth-order valence-electron chi connectivity index (χ4n) is 1.26. The van der Waals surface area contributed by atoms with Crippen molar-refractivity contribution in [2.45, 2.75) is 19.9 Å². The molecule has 0 atom stereocenters. The Balaban J connectivity index is 2.18. The van der Waals surface area contributed by atoms with Crippen LogP contribution in [0.2, 0.25) is 0 Å². The molecule has 1 saturated heterocycles. The molecule has 1 fully saturated rings. The van der Waals surface area contributed by atoms with Crippen molar-refractivity contribution in [3.05, 3.63) is 11.4 Å². The molecule has 0 radical (unpaired) electrons. The number of nitrogens with two attached hydrogens (primary N) is 1. The molecule has 1 aromatic rings. The van der Waals surface area contributed by atoms with Crippen molar-refractivity contribution in [1.82, 2.24) is 15.2 Å². The molecule has 0 amide bonds. The standard InChI is InChI=1S/C8H13N5/c1-5-6(2)11-12-8(10-5)13-3-7(9)4-13/h7H,3-4,9H2,1-2H3. The lowest BCUT2D eigenvalue weighted by Gasteiger charge is -2.36. The van der Waals surface area contributed by atoms with Crippen molar-refractivity contribution in [2.75, 3.05) is 18.0 Å². The van der Waals surface area contributed by atoms with Crippen molar-refractivity contribution in [2.24, 2.45) is 5.73 Å². The lowest BCUT2D eigenvalue weighted by molar-refractivity contribution is 0.504. The molecule has 1 aliphatic rings. The predicted octanol–water partition coefficient (Wildman–Crippen LogP) is -0.364. The zero-order chi connectivity index (χ0) is 9.42. The number of anilines is 1. The van der Waals surface area contributed by atoms with Crippen LogP contribution in [0, 0.1) is 13.8 Å². The van der Waals surface area contributed by atoms with Gasteiger partial charge in [-0.25, -0.2) is 4.98 Å². The van der Waals surface area contributed by atoms with E-state index in [1.54, 1.807) is 0 Å². The third-order valence-corrected chi connectivity index (χ3v) is 2.27. The van der Waals surface area contributed by atoms with Gasteiger partial charge in [-0.1, -0.05) is 0 Å². The molecule has 0 bridgehead atoms. The van der Waals surface area contributed by atoms with Crippen LogP contribution < -0.4 is 10.6 Å². The van der Waals surface area contributed by atoms with Gasteiger partial charge in [0.1, 0.15) is 0 Å². The Kier molecular flexibility index (Phi) is 1.88. The second-order valence-corrected chi connectivity index (χ2v) is 3.45. The molecule has 13 heavy (non-hydrogen) atoms. The van der Waals surface area contributed by atoms with E-state index in [-0.39, 0.29) is 6.04 Å². The molecular weight excluding hydrogens is 166 g/mol. The first-order valence-electron chi connectivity index (χ1n) is 4.35. The molecule has 1 aliphatic heterocycles. The Morgan fingerprint density at radius 2 is 1.92 bits per heavy atom. The number of aromatic nitrogens is 3. The van der Waals surface area contributed by atoms with Crippen LogP contribution in [0.1, 0.15) is 11.4 Å². The van der Waals surface area contributed by atoms with Gasteiger partial charge in [-0.3, -0.25) is 0 Å². The molecule has 0 aromatic carbocycles. The largest absolute Gasteiger partial charge is 0.336 e. The van der Waals surface area contributed by atoms with Gasteiger partial charge in [0.25, 0.3) is 0 Å². The van der Waals surface area contributed by atoms with Crippen molar-refractivity contribution < 1.29 is 0 Å². The van der Waals surface area contributed by atoms with E-state index in [0.29, 0.717) is 5.95 Å². The minimum atomic E-state index is 0.269. The summed E-state index contributed by atoms with van der Waals surface area (Å²) in [4.78, 5) is 6.36. The molecule has 0 unspecified atom stereocenters. The smallest absolute Gasteiger partial charge is 0.245 e. The summed E-state index contributed by atoms with van der Waals surface area (Å²) in [6.45, 7) is 5.52. The van der Waals surface area contributed by atoms with Crippen LogP contribution in [0.4, 0.5) is 5.95 Å². The normalized spacial score (nSPS) is 17.3. The number of hydrogen-bond donors (Lipinski definition) is 1. The summed E-state index contributed by atoms with van der Waals surface area (Å²) in [6, 6.07) is 0.269. The fraction of sp³-hybridized carbons (Fsp3) is 0.625. The molecule has 70 valence electrons. The average Bonchev–Trinajstić information content (AvgIpc) is 2.05. The van der Waals surface area contributed by atoms with Gasteiger partial charge in [0.05, 0.1) is 11.4 Å². The maximum absolute atomic E-state index is 5.66. The minimum absolute atomic E-state index is 0.269. The van der Waals surface area contributed by atoms with Crippen LogP contribution in [0.15, 0.2) is 0 Å².